The summed E-state index contributed by atoms with van der Waals surface area (Å²) in [5.74, 6) is -1.24. The zero-order valence-electron chi connectivity index (χ0n) is 15.3. The Bertz CT molecular complexity index is 840. The van der Waals surface area contributed by atoms with Crippen molar-refractivity contribution in [2.75, 3.05) is 10.6 Å². The minimum absolute atomic E-state index is 0.0160. The highest BCUT2D eigenvalue weighted by molar-refractivity contribution is 6.08. The van der Waals surface area contributed by atoms with E-state index in [1.807, 2.05) is 32.9 Å². The summed E-state index contributed by atoms with van der Waals surface area (Å²) in [4.78, 5) is 24.2. The number of nitrogens with one attached hydrogen (secondary N) is 2. The van der Waals surface area contributed by atoms with Crippen molar-refractivity contribution in [2.45, 2.75) is 38.8 Å². The zero-order valence-corrected chi connectivity index (χ0v) is 15.3. The molecule has 2 N–H and O–H groups in total. The lowest BCUT2D eigenvalue weighted by Gasteiger charge is -2.23. The van der Waals surface area contributed by atoms with Gasteiger partial charge in [-0.25, -0.2) is 0 Å². The maximum atomic E-state index is 12.7. The van der Waals surface area contributed by atoms with Gasteiger partial charge in [-0.3, -0.25) is 9.59 Å². The third-order valence-electron chi connectivity index (χ3n) is 3.80. The van der Waals surface area contributed by atoms with Crippen LogP contribution in [0.1, 0.15) is 38.3 Å². The van der Waals surface area contributed by atoms with Gasteiger partial charge < -0.3 is 10.6 Å². The number of alkyl halides is 3. The summed E-state index contributed by atoms with van der Waals surface area (Å²) in [6, 6.07) is 11.5. The molecule has 0 fully saturated rings. The maximum Gasteiger partial charge on any atom is 0.416 e. The molecular formula is C20H21F3N2O2. The Morgan fingerprint density at radius 2 is 1.52 bits per heavy atom. The lowest BCUT2D eigenvalue weighted by molar-refractivity contribution is -0.137. The molecule has 0 aliphatic heterocycles. The van der Waals surface area contributed by atoms with Crippen molar-refractivity contribution in [1.82, 2.24) is 0 Å². The summed E-state index contributed by atoms with van der Waals surface area (Å²) < 4.78 is 38.1. The Kier molecular flexibility index (Phi) is 5.93. The second-order valence-electron chi connectivity index (χ2n) is 7.15. The first kappa shape index (κ1) is 20.5. The molecule has 0 aliphatic rings. The highest BCUT2D eigenvalue weighted by atomic mass is 19.4. The van der Waals surface area contributed by atoms with E-state index in [0.717, 1.165) is 17.7 Å². The Hall–Kier alpha value is -2.83. The molecule has 144 valence electrons. The minimum atomic E-state index is -4.51. The molecule has 2 rings (SSSR count). The average molecular weight is 378 g/mol. The van der Waals surface area contributed by atoms with Gasteiger partial charge in [0.15, 0.2) is 0 Å². The summed E-state index contributed by atoms with van der Waals surface area (Å²) in [6.45, 7) is 6.00. The van der Waals surface area contributed by atoms with Crippen LogP contribution in [-0.4, -0.2) is 11.8 Å². The molecule has 0 aromatic heterocycles. The minimum Gasteiger partial charge on any atom is -0.326 e. The van der Waals surface area contributed by atoms with E-state index in [-0.39, 0.29) is 11.1 Å². The summed E-state index contributed by atoms with van der Waals surface area (Å²) >= 11 is 0. The predicted octanol–water partition coefficient (Wildman–Crippen LogP) is 4.97. The van der Waals surface area contributed by atoms with Crippen LogP contribution in [0, 0.1) is 0 Å². The van der Waals surface area contributed by atoms with Crippen LogP contribution in [0.25, 0.3) is 0 Å². The fourth-order valence-corrected chi connectivity index (χ4v) is 2.56. The molecule has 0 atom stereocenters. The number of rotatable bonds is 4. The van der Waals surface area contributed by atoms with Crippen LogP contribution >= 0.6 is 0 Å². The number of benzene rings is 2. The van der Waals surface area contributed by atoms with E-state index in [2.05, 4.69) is 10.6 Å². The summed E-state index contributed by atoms with van der Waals surface area (Å²) in [5, 5.41) is 5.01. The second kappa shape index (κ2) is 7.82. The topological polar surface area (TPSA) is 58.2 Å². The molecule has 0 bridgehead atoms. The average Bonchev–Trinajstić information content (AvgIpc) is 2.53. The van der Waals surface area contributed by atoms with E-state index in [4.69, 9.17) is 0 Å². The molecule has 2 aromatic carbocycles. The Balaban J connectivity index is 2.02. The van der Waals surface area contributed by atoms with Crippen molar-refractivity contribution in [3.05, 3.63) is 59.7 Å². The van der Waals surface area contributed by atoms with Gasteiger partial charge >= 0.3 is 6.18 Å². The summed E-state index contributed by atoms with van der Waals surface area (Å²) in [6.07, 6.45) is -5.01. The van der Waals surface area contributed by atoms with Crippen molar-refractivity contribution in [3.63, 3.8) is 0 Å². The molecule has 0 heterocycles. The molecule has 0 saturated heterocycles. The number of hydrogen-bond donors (Lipinski definition) is 2. The molecule has 2 amide bonds. The first-order valence-electron chi connectivity index (χ1n) is 8.33. The van der Waals surface area contributed by atoms with Gasteiger partial charge in [0.25, 0.3) is 0 Å². The zero-order chi connectivity index (χ0) is 20.2. The van der Waals surface area contributed by atoms with E-state index in [0.29, 0.717) is 5.69 Å². The Morgan fingerprint density at radius 1 is 0.889 bits per heavy atom. The van der Waals surface area contributed by atoms with Gasteiger partial charge in [0.2, 0.25) is 11.8 Å². The predicted molar refractivity (Wildman–Crippen MR) is 98.5 cm³/mol. The molecule has 2 aromatic rings. The normalized spacial score (nSPS) is 11.8. The monoisotopic (exact) mass is 378 g/mol. The molecule has 0 saturated carbocycles. The molecule has 0 radical (unpaired) electrons. The van der Waals surface area contributed by atoms with Gasteiger partial charge in [-0.2, -0.15) is 13.2 Å². The standard InChI is InChI=1S/C20H21F3N2O2/c1-19(2,3)15-9-4-5-10-16(15)25-18(27)12-17(26)24-14-8-6-7-13(11-14)20(21,22)23/h4-11H,12H2,1-3H3,(H,24,26)(H,25,27). The van der Waals surface area contributed by atoms with Crippen molar-refractivity contribution in [2.24, 2.45) is 0 Å². The van der Waals surface area contributed by atoms with Crippen LogP contribution in [-0.2, 0) is 21.2 Å². The number of halogens is 3. The second-order valence-corrected chi connectivity index (χ2v) is 7.15. The van der Waals surface area contributed by atoms with E-state index in [9.17, 15) is 22.8 Å². The van der Waals surface area contributed by atoms with Crippen molar-refractivity contribution in [3.8, 4) is 0 Å². The lowest BCUT2D eigenvalue weighted by Crippen LogP contribution is -2.23. The van der Waals surface area contributed by atoms with Crippen LogP contribution < -0.4 is 10.6 Å². The largest absolute Gasteiger partial charge is 0.416 e. The van der Waals surface area contributed by atoms with Crippen LogP contribution in [0.5, 0.6) is 0 Å². The third-order valence-corrected chi connectivity index (χ3v) is 3.80. The van der Waals surface area contributed by atoms with Gasteiger partial charge in [0, 0.05) is 11.4 Å². The van der Waals surface area contributed by atoms with E-state index < -0.39 is 30.0 Å². The number of hydrogen-bond acceptors (Lipinski definition) is 2. The van der Waals surface area contributed by atoms with Crippen LogP contribution in [0.4, 0.5) is 24.5 Å². The number of anilines is 2. The third kappa shape index (κ3) is 5.84. The highest BCUT2D eigenvalue weighted by Gasteiger charge is 2.30. The molecule has 0 aliphatic carbocycles. The number of carbonyl (C=O) groups is 2. The van der Waals surface area contributed by atoms with Crippen LogP contribution in [0.3, 0.4) is 0 Å². The van der Waals surface area contributed by atoms with Crippen molar-refractivity contribution in [1.29, 1.82) is 0 Å². The first-order valence-corrected chi connectivity index (χ1v) is 8.33. The van der Waals surface area contributed by atoms with Gasteiger partial charge in [-0.1, -0.05) is 45.0 Å². The molecule has 7 heteroatoms. The Labute approximate surface area is 155 Å². The highest BCUT2D eigenvalue weighted by Crippen LogP contribution is 2.31. The first-order chi connectivity index (χ1) is 12.5. The van der Waals surface area contributed by atoms with Gasteiger partial charge in [0.05, 0.1) is 5.56 Å². The van der Waals surface area contributed by atoms with Crippen molar-refractivity contribution >= 4 is 23.2 Å². The molecule has 27 heavy (non-hydrogen) atoms. The van der Waals surface area contributed by atoms with Crippen LogP contribution in [0.15, 0.2) is 48.5 Å². The fraction of sp³-hybridized carbons (Fsp3) is 0.300. The van der Waals surface area contributed by atoms with E-state index in [1.165, 1.54) is 12.1 Å². The fourth-order valence-electron chi connectivity index (χ4n) is 2.56. The van der Waals surface area contributed by atoms with Gasteiger partial charge in [-0.15, -0.1) is 0 Å². The molecule has 4 nitrogen and oxygen atoms in total. The van der Waals surface area contributed by atoms with E-state index in [1.54, 1.807) is 12.1 Å². The van der Waals surface area contributed by atoms with Crippen LogP contribution in [0.2, 0.25) is 0 Å². The number of amides is 2. The molecular weight excluding hydrogens is 357 g/mol. The van der Waals surface area contributed by atoms with Gasteiger partial charge in [0.1, 0.15) is 6.42 Å². The van der Waals surface area contributed by atoms with Gasteiger partial charge in [-0.05, 0) is 35.2 Å². The van der Waals surface area contributed by atoms with Crippen molar-refractivity contribution < 1.29 is 22.8 Å². The SMILES string of the molecule is CC(C)(C)c1ccccc1NC(=O)CC(=O)Nc1cccc(C(F)(F)F)c1. The van der Waals surface area contributed by atoms with E-state index >= 15 is 0 Å². The molecule has 0 spiro atoms. The summed E-state index contributed by atoms with van der Waals surface area (Å²) in [7, 11) is 0. The quantitative estimate of drug-likeness (QED) is 0.738. The smallest absolute Gasteiger partial charge is 0.326 e. The number of carbonyl (C=O) groups excluding carboxylic acids is 2. The maximum absolute atomic E-state index is 12.7. The lowest BCUT2D eigenvalue weighted by atomic mass is 9.86. The summed E-state index contributed by atoms with van der Waals surface area (Å²) in [5.41, 5.74) is 0.421. The molecule has 0 unspecified atom stereocenters. The Morgan fingerprint density at radius 3 is 2.15 bits per heavy atom. The number of para-hydroxylation sites is 1.